The number of urea groups is 1. The van der Waals surface area contributed by atoms with Gasteiger partial charge in [-0.2, -0.15) is 0 Å². The fraction of sp³-hybridized carbons (Fsp3) is 0.467. The molecule has 0 aliphatic carbocycles. The van der Waals surface area contributed by atoms with Gasteiger partial charge >= 0.3 is 12.1 Å². The Morgan fingerprint density at radius 2 is 1.91 bits per heavy atom. The van der Waals surface area contributed by atoms with E-state index in [1.807, 2.05) is 6.92 Å². The number of amides is 3. The number of benzene rings is 1. The van der Waals surface area contributed by atoms with Crippen molar-refractivity contribution in [1.82, 2.24) is 5.32 Å². The molecule has 0 bridgehead atoms. The fourth-order valence-corrected chi connectivity index (χ4v) is 1.68. The summed E-state index contributed by atoms with van der Waals surface area (Å²) in [5.41, 5.74) is 0.990. The number of ether oxygens (including phenoxy) is 2. The van der Waals surface area contributed by atoms with Crippen molar-refractivity contribution in [2.75, 3.05) is 37.6 Å². The number of rotatable bonds is 8. The maximum atomic E-state index is 11.8. The first-order valence-corrected chi connectivity index (χ1v) is 7.30. The highest BCUT2D eigenvalue weighted by atomic mass is 16.6. The molecule has 0 heterocycles. The van der Waals surface area contributed by atoms with Crippen LogP contribution in [0.15, 0.2) is 24.3 Å². The molecule has 0 aliphatic rings. The Bertz CT molecular complexity index is 506. The van der Waals surface area contributed by atoms with Gasteiger partial charge in [0.2, 0.25) is 0 Å². The summed E-state index contributed by atoms with van der Waals surface area (Å²) >= 11 is 0. The van der Waals surface area contributed by atoms with Gasteiger partial charge in [0, 0.05) is 18.5 Å². The van der Waals surface area contributed by atoms with Gasteiger partial charge in [-0.15, -0.1) is 0 Å². The van der Waals surface area contributed by atoms with Crippen molar-refractivity contribution in [3.63, 3.8) is 0 Å². The van der Waals surface area contributed by atoms with Gasteiger partial charge in [-0.05, 0) is 24.6 Å². The van der Waals surface area contributed by atoms with E-state index in [4.69, 9.17) is 14.6 Å². The van der Waals surface area contributed by atoms with Crippen LogP contribution in [0.25, 0.3) is 0 Å². The Kier molecular flexibility index (Phi) is 8.48. The first-order chi connectivity index (χ1) is 11.1. The molecule has 1 atom stereocenters. The van der Waals surface area contributed by atoms with Crippen molar-refractivity contribution in [1.29, 1.82) is 0 Å². The molecule has 8 nitrogen and oxygen atoms in total. The summed E-state index contributed by atoms with van der Waals surface area (Å²) < 4.78 is 9.66. The molecule has 0 saturated carbocycles. The minimum atomic E-state index is -0.602. The Balaban J connectivity index is 2.52. The molecule has 128 valence electrons. The molecular weight excluding hydrogens is 302 g/mol. The van der Waals surface area contributed by atoms with Crippen LogP contribution in [-0.2, 0) is 9.47 Å². The number of aliphatic hydroxyl groups is 1. The van der Waals surface area contributed by atoms with Crippen molar-refractivity contribution in [2.24, 2.45) is 0 Å². The Labute approximate surface area is 135 Å². The second-order valence-electron chi connectivity index (χ2n) is 4.72. The van der Waals surface area contributed by atoms with Crippen LogP contribution >= 0.6 is 0 Å². The summed E-state index contributed by atoms with van der Waals surface area (Å²) in [6.07, 6.45) is 0.0220. The molecule has 1 aromatic carbocycles. The average molecular weight is 325 g/mol. The van der Waals surface area contributed by atoms with E-state index in [9.17, 15) is 9.59 Å². The largest absolute Gasteiger partial charge is 0.447 e. The van der Waals surface area contributed by atoms with E-state index in [0.29, 0.717) is 24.4 Å². The Morgan fingerprint density at radius 3 is 2.52 bits per heavy atom. The lowest BCUT2D eigenvalue weighted by atomic mass is 10.2. The summed E-state index contributed by atoms with van der Waals surface area (Å²) in [7, 11) is 1.52. The maximum Gasteiger partial charge on any atom is 0.411 e. The van der Waals surface area contributed by atoms with Crippen LogP contribution in [-0.4, -0.2) is 50.2 Å². The van der Waals surface area contributed by atoms with E-state index in [-0.39, 0.29) is 19.3 Å². The minimum absolute atomic E-state index is 0.126. The maximum absolute atomic E-state index is 11.8. The highest BCUT2D eigenvalue weighted by Gasteiger charge is 2.09. The van der Waals surface area contributed by atoms with Crippen molar-refractivity contribution in [3.05, 3.63) is 24.3 Å². The van der Waals surface area contributed by atoms with Crippen molar-refractivity contribution < 1.29 is 24.2 Å². The molecule has 23 heavy (non-hydrogen) atoms. The lowest BCUT2D eigenvalue weighted by Crippen LogP contribution is -2.39. The third-order valence-electron chi connectivity index (χ3n) is 2.94. The second kappa shape index (κ2) is 10.4. The normalized spacial score (nSPS) is 11.4. The van der Waals surface area contributed by atoms with Gasteiger partial charge in [-0.1, -0.05) is 13.0 Å². The quantitative estimate of drug-likeness (QED) is 0.545. The topological polar surface area (TPSA) is 109 Å². The van der Waals surface area contributed by atoms with E-state index in [0.717, 1.165) is 0 Å². The van der Waals surface area contributed by atoms with Crippen LogP contribution < -0.4 is 16.0 Å². The number of aliphatic hydroxyl groups excluding tert-OH is 1. The molecule has 0 spiro atoms. The van der Waals surface area contributed by atoms with E-state index in [1.165, 1.54) is 7.11 Å². The Hall–Kier alpha value is -2.32. The standard InChI is InChI=1S/C15H23N3O5/c1-3-11(10-19)16-14(20)17-12-5-4-6-13(9-12)18-15(21)23-8-7-22-2/h4-6,9,11,19H,3,7-8,10H2,1-2H3,(H,18,21)(H2,16,17,20). The first-order valence-electron chi connectivity index (χ1n) is 7.30. The van der Waals surface area contributed by atoms with Gasteiger partial charge in [0.25, 0.3) is 0 Å². The molecular formula is C15H23N3O5. The number of methoxy groups -OCH3 is 1. The summed E-state index contributed by atoms with van der Waals surface area (Å²) in [5.74, 6) is 0. The van der Waals surface area contributed by atoms with Crippen LogP contribution in [0.4, 0.5) is 21.0 Å². The van der Waals surface area contributed by atoms with Crippen LogP contribution in [0.1, 0.15) is 13.3 Å². The molecule has 0 aliphatic heterocycles. The van der Waals surface area contributed by atoms with Gasteiger partial charge in [0.15, 0.2) is 0 Å². The van der Waals surface area contributed by atoms with E-state index in [2.05, 4.69) is 16.0 Å². The highest BCUT2D eigenvalue weighted by Crippen LogP contribution is 2.15. The van der Waals surface area contributed by atoms with Crippen LogP contribution in [0.3, 0.4) is 0 Å². The van der Waals surface area contributed by atoms with Gasteiger partial charge in [0.1, 0.15) is 6.61 Å². The van der Waals surface area contributed by atoms with Gasteiger partial charge in [-0.25, -0.2) is 9.59 Å². The van der Waals surface area contributed by atoms with Crippen LogP contribution in [0.5, 0.6) is 0 Å². The number of hydrogen-bond donors (Lipinski definition) is 4. The molecule has 1 rings (SSSR count). The number of hydrogen-bond acceptors (Lipinski definition) is 5. The summed E-state index contributed by atoms with van der Waals surface area (Å²) in [4.78, 5) is 23.3. The number of carbonyl (C=O) groups excluding carboxylic acids is 2. The third-order valence-corrected chi connectivity index (χ3v) is 2.94. The number of anilines is 2. The lowest BCUT2D eigenvalue weighted by molar-refractivity contribution is 0.107. The van der Waals surface area contributed by atoms with E-state index in [1.54, 1.807) is 24.3 Å². The van der Waals surface area contributed by atoms with E-state index < -0.39 is 12.1 Å². The fourth-order valence-electron chi connectivity index (χ4n) is 1.68. The van der Waals surface area contributed by atoms with Crippen molar-refractivity contribution >= 4 is 23.5 Å². The third kappa shape index (κ3) is 7.48. The molecule has 4 N–H and O–H groups in total. The molecule has 8 heteroatoms. The molecule has 0 saturated heterocycles. The zero-order chi connectivity index (χ0) is 17.1. The molecule has 1 unspecified atom stereocenters. The second-order valence-corrected chi connectivity index (χ2v) is 4.72. The molecule has 0 aromatic heterocycles. The first kappa shape index (κ1) is 18.7. The predicted molar refractivity (Wildman–Crippen MR) is 86.6 cm³/mol. The zero-order valence-corrected chi connectivity index (χ0v) is 13.3. The SMILES string of the molecule is CCC(CO)NC(=O)Nc1cccc(NC(=O)OCCOC)c1. The van der Waals surface area contributed by atoms with Gasteiger partial charge < -0.3 is 25.2 Å². The molecule has 3 amide bonds. The van der Waals surface area contributed by atoms with Crippen molar-refractivity contribution in [2.45, 2.75) is 19.4 Å². The van der Waals surface area contributed by atoms with Gasteiger partial charge in [0.05, 0.1) is 19.3 Å². The van der Waals surface area contributed by atoms with E-state index >= 15 is 0 Å². The summed E-state index contributed by atoms with van der Waals surface area (Å²) in [6.45, 7) is 2.21. The monoisotopic (exact) mass is 325 g/mol. The van der Waals surface area contributed by atoms with Crippen LogP contribution in [0.2, 0.25) is 0 Å². The molecule has 1 aromatic rings. The lowest BCUT2D eigenvalue weighted by Gasteiger charge is -2.15. The predicted octanol–water partition coefficient (Wildman–Crippen LogP) is 1.77. The van der Waals surface area contributed by atoms with Crippen LogP contribution in [0, 0.1) is 0 Å². The number of nitrogens with one attached hydrogen (secondary N) is 3. The van der Waals surface area contributed by atoms with Crippen molar-refractivity contribution in [3.8, 4) is 0 Å². The average Bonchev–Trinajstić information content (AvgIpc) is 2.53. The molecule has 0 radical (unpaired) electrons. The summed E-state index contributed by atoms with van der Waals surface area (Å²) in [6, 6.07) is 5.91. The van der Waals surface area contributed by atoms with Gasteiger partial charge in [-0.3, -0.25) is 5.32 Å². The smallest absolute Gasteiger partial charge is 0.411 e. The number of carbonyl (C=O) groups is 2. The minimum Gasteiger partial charge on any atom is -0.447 e. The molecule has 0 fully saturated rings. The Morgan fingerprint density at radius 1 is 1.22 bits per heavy atom. The summed E-state index contributed by atoms with van der Waals surface area (Å²) in [5, 5.41) is 16.9. The zero-order valence-electron chi connectivity index (χ0n) is 13.3. The highest BCUT2D eigenvalue weighted by molar-refractivity contribution is 5.91.